The molecular formula is C19H17FN2O4. The predicted molar refractivity (Wildman–Crippen MR) is 97.0 cm³/mol. The van der Waals surface area contributed by atoms with E-state index >= 15 is 0 Å². The zero-order chi connectivity index (χ0) is 18.5. The molecule has 0 aliphatic carbocycles. The van der Waals surface area contributed by atoms with Gasteiger partial charge in [-0.3, -0.25) is 10.1 Å². The molecule has 134 valence electrons. The third kappa shape index (κ3) is 4.07. The van der Waals surface area contributed by atoms with Crippen LogP contribution in [0.2, 0.25) is 0 Å². The number of hydrogen-bond donors (Lipinski definition) is 2. The molecule has 0 aliphatic heterocycles. The van der Waals surface area contributed by atoms with Crippen molar-refractivity contribution in [1.82, 2.24) is 0 Å². The van der Waals surface area contributed by atoms with Gasteiger partial charge < -0.3 is 15.2 Å². The molecule has 0 radical (unpaired) electrons. The fourth-order valence-electron chi connectivity index (χ4n) is 2.60. The highest BCUT2D eigenvalue weighted by atomic mass is 19.1. The van der Waals surface area contributed by atoms with Gasteiger partial charge in [-0.1, -0.05) is 36.4 Å². The monoisotopic (exact) mass is 356 g/mol. The van der Waals surface area contributed by atoms with Gasteiger partial charge in [0.25, 0.3) is 5.69 Å². The third-order valence-corrected chi connectivity index (χ3v) is 3.87. The molecule has 0 bridgehead atoms. The van der Waals surface area contributed by atoms with E-state index in [2.05, 4.69) is 5.32 Å². The van der Waals surface area contributed by atoms with Gasteiger partial charge in [-0.05, 0) is 23.6 Å². The number of nitro groups is 1. The SMILES string of the molecule is O=[N+]([O-])c1cc(F)ccc1NCC(O)COc1cccc2ccccc12. The number of aliphatic hydroxyl groups excluding tert-OH is 1. The number of nitrogens with one attached hydrogen (secondary N) is 1. The Morgan fingerprint density at radius 3 is 2.73 bits per heavy atom. The maximum atomic E-state index is 13.1. The second-order valence-corrected chi connectivity index (χ2v) is 5.74. The topological polar surface area (TPSA) is 84.6 Å². The Bertz CT molecular complexity index is 927. The molecule has 0 fully saturated rings. The first kappa shape index (κ1) is 17.6. The van der Waals surface area contributed by atoms with Crippen molar-refractivity contribution < 1.29 is 19.2 Å². The number of nitro benzene ring substituents is 1. The van der Waals surface area contributed by atoms with Gasteiger partial charge in [-0.25, -0.2) is 4.39 Å². The number of benzene rings is 3. The first-order valence-electron chi connectivity index (χ1n) is 8.01. The van der Waals surface area contributed by atoms with E-state index in [4.69, 9.17) is 4.74 Å². The standard InChI is InChI=1S/C19H17FN2O4/c20-14-8-9-17(18(10-14)22(24)25)21-11-15(23)12-26-19-7-3-5-13-4-1-2-6-16(13)19/h1-10,15,21,23H,11-12H2. The number of nitrogens with zero attached hydrogens (tertiary/aromatic N) is 1. The molecule has 0 saturated heterocycles. The Morgan fingerprint density at radius 1 is 1.15 bits per heavy atom. The molecule has 0 spiro atoms. The number of ether oxygens (including phenoxy) is 1. The summed E-state index contributed by atoms with van der Waals surface area (Å²) in [4.78, 5) is 10.3. The molecule has 1 atom stereocenters. The summed E-state index contributed by atoms with van der Waals surface area (Å²) in [6.45, 7) is 0.0350. The van der Waals surface area contributed by atoms with Crippen LogP contribution in [-0.4, -0.2) is 29.3 Å². The van der Waals surface area contributed by atoms with Gasteiger partial charge in [0.1, 0.15) is 30.0 Å². The predicted octanol–water partition coefficient (Wildman–Crippen LogP) is 3.74. The van der Waals surface area contributed by atoms with Crippen LogP contribution in [0.4, 0.5) is 15.8 Å². The zero-order valence-corrected chi connectivity index (χ0v) is 13.8. The van der Waals surface area contributed by atoms with Crippen LogP contribution in [0.25, 0.3) is 10.8 Å². The summed E-state index contributed by atoms with van der Waals surface area (Å²) in [5, 5.41) is 25.8. The normalized spacial score (nSPS) is 11.9. The van der Waals surface area contributed by atoms with Crippen LogP contribution in [0, 0.1) is 15.9 Å². The molecule has 0 aliphatic rings. The van der Waals surface area contributed by atoms with E-state index in [1.807, 2.05) is 42.5 Å². The largest absolute Gasteiger partial charge is 0.490 e. The number of fused-ring (bicyclic) bond motifs is 1. The van der Waals surface area contributed by atoms with Crippen LogP contribution < -0.4 is 10.1 Å². The lowest BCUT2D eigenvalue weighted by Gasteiger charge is -2.15. The lowest BCUT2D eigenvalue weighted by Crippen LogP contribution is -2.26. The Hall–Kier alpha value is -3.19. The van der Waals surface area contributed by atoms with Gasteiger partial charge in [-0.15, -0.1) is 0 Å². The molecular weight excluding hydrogens is 339 g/mol. The molecule has 3 aromatic carbocycles. The maximum absolute atomic E-state index is 13.1. The van der Waals surface area contributed by atoms with Crippen molar-refractivity contribution in [2.75, 3.05) is 18.5 Å². The first-order valence-corrected chi connectivity index (χ1v) is 8.01. The molecule has 0 heterocycles. The average molecular weight is 356 g/mol. The van der Waals surface area contributed by atoms with E-state index in [1.54, 1.807) is 0 Å². The highest BCUT2D eigenvalue weighted by Gasteiger charge is 2.16. The fraction of sp³-hybridized carbons (Fsp3) is 0.158. The Morgan fingerprint density at radius 2 is 1.92 bits per heavy atom. The second kappa shape index (κ2) is 7.79. The molecule has 7 heteroatoms. The van der Waals surface area contributed by atoms with Gasteiger partial charge >= 0.3 is 0 Å². The summed E-state index contributed by atoms with van der Waals surface area (Å²) < 4.78 is 18.8. The minimum atomic E-state index is -0.904. The van der Waals surface area contributed by atoms with Crippen LogP contribution >= 0.6 is 0 Å². The molecule has 0 saturated carbocycles. The van der Waals surface area contributed by atoms with Crippen LogP contribution in [-0.2, 0) is 0 Å². The summed E-state index contributed by atoms with van der Waals surface area (Å²) >= 11 is 0. The van der Waals surface area contributed by atoms with E-state index in [-0.39, 0.29) is 24.5 Å². The lowest BCUT2D eigenvalue weighted by molar-refractivity contribution is -0.384. The van der Waals surface area contributed by atoms with Crippen molar-refractivity contribution in [2.45, 2.75) is 6.10 Å². The van der Waals surface area contributed by atoms with E-state index in [0.29, 0.717) is 5.75 Å². The van der Waals surface area contributed by atoms with Crippen molar-refractivity contribution >= 4 is 22.1 Å². The van der Waals surface area contributed by atoms with Gasteiger partial charge in [0, 0.05) is 11.9 Å². The zero-order valence-electron chi connectivity index (χ0n) is 13.8. The molecule has 6 nitrogen and oxygen atoms in total. The Kier molecular flexibility index (Phi) is 5.28. The second-order valence-electron chi connectivity index (χ2n) is 5.74. The van der Waals surface area contributed by atoms with Crippen LogP contribution in [0.15, 0.2) is 60.7 Å². The minimum Gasteiger partial charge on any atom is -0.490 e. The first-order chi connectivity index (χ1) is 12.5. The van der Waals surface area contributed by atoms with Crippen molar-refractivity contribution in [3.63, 3.8) is 0 Å². The van der Waals surface area contributed by atoms with E-state index < -0.39 is 16.8 Å². The summed E-state index contributed by atoms with van der Waals surface area (Å²) in [6.07, 6.45) is -0.904. The number of halogens is 1. The van der Waals surface area contributed by atoms with Gasteiger partial charge in [-0.2, -0.15) is 0 Å². The van der Waals surface area contributed by atoms with Gasteiger partial charge in [0.2, 0.25) is 0 Å². The molecule has 26 heavy (non-hydrogen) atoms. The van der Waals surface area contributed by atoms with Gasteiger partial charge in [0.15, 0.2) is 0 Å². The number of anilines is 1. The quantitative estimate of drug-likeness (QED) is 0.498. The van der Waals surface area contributed by atoms with Crippen molar-refractivity contribution in [2.24, 2.45) is 0 Å². The Balaban J connectivity index is 1.61. The van der Waals surface area contributed by atoms with Crippen molar-refractivity contribution in [1.29, 1.82) is 0 Å². The highest BCUT2D eigenvalue weighted by Crippen LogP contribution is 2.26. The van der Waals surface area contributed by atoms with E-state index in [0.717, 1.165) is 22.9 Å². The maximum Gasteiger partial charge on any atom is 0.295 e. The Labute approximate surface area is 149 Å². The van der Waals surface area contributed by atoms with Crippen molar-refractivity contribution in [3.05, 3.63) is 76.6 Å². The van der Waals surface area contributed by atoms with Crippen LogP contribution in [0.3, 0.4) is 0 Å². The average Bonchev–Trinajstić information content (AvgIpc) is 2.65. The number of hydrogen-bond acceptors (Lipinski definition) is 5. The van der Waals surface area contributed by atoms with Crippen LogP contribution in [0.1, 0.15) is 0 Å². The smallest absolute Gasteiger partial charge is 0.295 e. The number of aliphatic hydroxyl groups is 1. The molecule has 3 rings (SSSR count). The summed E-state index contributed by atoms with van der Waals surface area (Å²) in [5.74, 6) is -0.0444. The van der Waals surface area contributed by atoms with E-state index in [9.17, 15) is 19.6 Å². The highest BCUT2D eigenvalue weighted by molar-refractivity contribution is 5.88. The fourth-order valence-corrected chi connectivity index (χ4v) is 2.60. The molecule has 2 N–H and O–H groups in total. The summed E-state index contributed by atoms with van der Waals surface area (Å²) in [6, 6.07) is 16.6. The third-order valence-electron chi connectivity index (χ3n) is 3.87. The molecule has 0 aromatic heterocycles. The number of rotatable bonds is 7. The lowest BCUT2D eigenvalue weighted by atomic mass is 10.1. The van der Waals surface area contributed by atoms with E-state index in [1.165, 1.54) is 6.07 Å². The van der Waals surface area contributed by atoms with Crippen LogP contribution in [0.5, 0.6) is 5.75 Å². The minimum absolute atomic E-state index is 0.00992. The van der Waals surface area contributed by atoms with Gasteiger partial charge in [0.05, 0.1) is 11.0 Å². The molecule has 3 aromatic rings. The molecule has 1 unspecified atom stereocenters. The summed E-state index contributed by atoms with van der Waals surface area (Å²) in [5.41, 5.74) is -0.243. The summed E-state index contributed by atoms with van der Waals surface area (Å²) in [7, 11) is 0. The molecule has 0 amide bonds. The van der Waals surface area contributed by atoms with Crippen molar-refractivity contribution in [3.8, 4) is 5.75 Å².